The van der Waals surface area contributed by atoms with E-state index < -0.39 is 17.4 Å². The lowest BCUT2D eigenvalue weighted by molar-refractivity contribution is -0.159. The number of likely N-dealkylation sites (tertiary alicyclic amines) is 1. The standard InChI is InChI=1S/C16H16F2N4O3/c1-3-24-20-13-8-22(9-13)15(23)16(17,18)12-6-4-11(5-7-12)14-19-10(2)25-21-14/h4-7H,3,8-9H2,1-2H3. The molecule has 0 unspecified atom stereocenters. The minimum absolute atomic E-state index is 0.0502. The van der Waals surface area contributed by atoms with Crippen LogP contribution in [-0.2, 0) is 15.6 Å². The molecule has 0 saturated carbocycles. The van der Waals surface area contributed by atoms with Gasteiger partial charge in [0, 0.05) is 18.1 Å². The first kappa shape index (κ1) is 17.0. The molecule has 1 amide bonds. The highest BCUT2D eigenvalue weighted by Gasteiger charge is 2.46. The molecule has 1 aromatic heterocycles. The summed E-state index contributed by atoms with van der Waals surface area (Å²) in [6.07, 6.45) is 0. The van der Waals surface area contributed by atoms with E-state index in [1.165, 1.54) is 24.3 Å². The first-order chi connectivity index (χ1) is 11.9. The Labute approximate surface area is 142 Å². The zero-order valence-electron chi connectivity index (χ0n) is 13.7. The van der Waals surface area contributed by atoms with Crippen molar-refractivity contribution in [2.45, 2.75) is 19.8 Å². The fourth-order valence-corrected chi connectivity index (χ4v) is 2.32. The number of carbonyl (C=O) groups excluding carboxylic acids is 1. The quantitative estimate of drug-likeness (QED) is 0.774. The number of aryl methyl sites for hydroxylation is 1. The number of oxime groups is 1. The predicted molar refractivity (Wildman–Crippen MR) is 84.0 cm³/mol. The summed E-state index contributed by atoms with van der Waals surface area (Å²) in [5.74, 6) is -4.20. The van der Waals surface area contributed by atoms with Crippen molar-refractivity contribution in [1.29, 1.82) is 0 Å². The van der Waals surface area contributed by atoms with Crippen molar-refractivity contribution in [2.24, 2.45) is 5.16 Å². The molecule has 0 aliphatic carbocycles. The summed E-state index contributed by atoms with van der Waals surface area (Å²) in [5, 5.41) is 7.46. The molecule has 1 fully saturated rings. The van der Waals surface area contributed by atoms with Crippen molar-refractivity contribution in [3.63, 3.8) is 0 Å². The Morgan fingerprint density at radius 2 is 2.04 bits per heavy atom. The molecule has 0 bridgehead atoms. The highest BCUT2D eigenvalue weighted by atomic mass is 19.3. The topological polar surface area (TPSA) is 80.8 Å². The van der Waals surface area contributed by atoms with Crippen molar-refractivity contribution < 1.29 is 22.9 Å². The molecule has 0 radical (unpaired) electrons. The van der Waals surface area contributed by atoms with E-state index >= 15 is 0 Å². The molecule has 9 heteroatoms. The van der Waals surface area contributed by atoms with Gasteiger partial charge >= 0.3 is 5.92 Å². The normalized spacial score (nSPS) is 14.2. The van der Waals surface area contributed by atoms with Gasteiger partial charge < -0.3 is 14.3 Å². The van der Waals surface area contributed by atoms with Gasteiger partial charge in [0.25, 0.3) is 5.91 Å². The number of benzene rings is 1. The molecule has 1 saturated heterocycles. The first-order valence-electron chi connectivity index (χ1n) is 7.68. The number of alkyl halides is 2. The van der Waals surface area contributed by atoms with Crippen molar-refractivity contribution in [3.05, 3.63) is 35.7 Å². The number of nitrogens with zero attached hydrogens (tertiary/aromatic N) is 4. The molecule has 7 nitrogen and oxygen atoms in total. The van der Waals surface area contributed by atoms with Crippen LogP contribution in [0.1, 0.15) is 18.4 Å². The first-order valence-corrected chi connectivity index (χ1v) is 7.68. The van der Waals surface area contributed by atoms with Crippen LogP contribution in [0.15, 0.2) is 33.9 Å². The maximum atomic E-state index is 14.4. The van der Waals surface area contributed by atoms with Crippen LogP contribution < -0.4 is 0 Å². The lowest BCUT2D eigenvalue weighted by Gasteiger charge is -2.34. The summed E-state index contributed by atoms with van der Waals surface area (Å²) in [6, 6.07) is 5.24. The SMILES string of the molecule is CCON=C1CN(C(=O)C(F)(F)c2ccc(-c3noc(C)n3)cc2)C1. The van der Waals surface area contributed by atoms with Gasteiger partial charge in [0.2, 0.25) is 11.7 Å². The molecule has 132 valence electrons. The van der Waals surface area contributed by atoms with Gasteiger partial charge in [-0.05, 0) is 6.92 Å². The van der Waals surface area contributed by atoms with Crippen molar-refractivity contribution in [2.75, 3.05) is 19.7 Å². The van der Waals surface area contributed by atoms with Gasteiger partial charge in [-0.25, -0.2) is 0 Å². The Morgan fingerprint density at radius 1 is 1.36 bits per heavy atom. The molecule has 0 N–H and O–H groups in total. The van der Waals surface area contributed by atoms with Gasteiger partial charge in [-0.1, -0.05) is 34.6 Å². The Morgan fingerprint density at radius 3 is 2.60 bits per heavy atom. The maximum Gasteiger partial charge on any atom is 0.349 e. The Kier molecular flexibility index (Phi) is 4.47. The van der Waals surface area contributed by atoms with Crippen LogP contribution in [0.2, 0.25) is 0 Å². The molecule has 1 aliphatic heterocycles. The van der Waals surface area contributed by atoms with Crippen molar-refractivity contribution in [1.82, 2.24) is 15.0 Å². The van der Waals surface area contributed by atoms with Crippen LogP contribution >= 0.6 is 0 Å². The summed E-state index contributed by atoms with van der Waals surface area (Å²) in [4.78, 5) is 22.0. The van der Waals surface area contributed by atoms with E-state index in [1.807, 2.05) is 0 Å². The summed E-state index contributed by atoms with van der Waals surface area (Å²) in [5.41, 5.74) is 0.699. The molecule has 0 atom stereocenters. The number of aromatic nitrogens is 2. The third kappa shape index (κ3) is 3.35. The zero-order chi connectivity index (χ0) is 18.0. The summed E-state index contributed by atoms with van der Waals surface area (Å²) in [6.45, 7) is 3.89. The summed E-state index contributed by atoms with van der Waals surface area (Å²) >= 11 is 0. The number of carbonyl (C=O) groups is 1. The van der Waals surface area contributed by atoms with Crippen LogP contribution in [0.25, 0.3) is 11.4 Å². The lowest BCUT2D eigenvalue weighted by atomic mass is 10.0. The van der Waals surface area contributed by atoms with Gasteiger partial charge in [-0.2, -0.15) is 13.8 Å². The Balaban J connectivity index is 1.71. The maximum absolute atomic E-state index is 14.4. The third-order valence-electron chi connectivity index (χ3n) is 3.66. The van der Waals surface area contributed by atoms with Gasteiger partial charge in [0.15, 0.2) is 0 Å². The Hall–Kier alpha value is -2.84. The number of halogens is 2. The fraction of sp³-hybridized carbons (Fsp3) is 0.375. The highest BCUT2D eigenvalue weighted by molar-refractivity contribution is 6.01. The molecule has 25 heavy (non-hydrogen) atoms. The van der Waals surface area contributed by atoms with E-state index in [4.69, 9.17) is 9.36 Å². The predicted octanol–water partition coefficient (Wildman–Crippen LogP) is 2.37. The lowest BCUT2D eigenvalue weighted by Crippen LogP contribution is -2.55. The molecule has 3 rings (SSSR count). The van der Waals surface area contributed by atoms with Crippen LogP contribution in [0.4, 0.5) is 8.78 Å². The second-order valence-corrected chi connectivity index (χ2v) is 5.53. The van der Waals surface area contributed by atoms with Crippen molar-refractivity contribution in [3.8, 4) is 11.4 Å². The Bertz CT molecular complexity index is 794. The largest absolute Gasteiger partial charge is 0.396 e. The second kappa shape index (κ2) is 6.58. The minimum Gasteiger partial charge on any atom is -0.396 e. The van der Waals surface area contributed by atoms with Gasteiger partial charge in [0.1, 0.15) is 6.61 Å². The van der Waals surface area contributed by atoms with Crippen LogP contribution in [-0.4, -0.2) is 46.4 Å². The van der Waals surface area contributed by atoms with E-state index in [-0.39, 0.29) is 13.1 Å². The van der Waals surface area contributed by atoms with Gasteiger partial charge in [-0.15, -0.1) is 0 Å². The monoisotopic (exact) mass is 350 g/mol. The van der Waals surface area contributed by atoms with Gasteiger partial charge in [-0.3, -0.25) is 4.79 Å². The number of rotatable bonds is 5. The molecular weight excluding hydrogens is 334 g/mol. The van der Waals surface area contributed by atoms with E-state index in [9.17, 15) is 13.6 Å². The molecule has 0 spiro atoms. The van der Waals surface area contributed by atoms with E-state index in [0.717, 1.165) is 4.90 Å². The minimum atomic E-state index is -3.62. The number of amides is 1. The number of hydrogen-bond acceptors (Lipinski definition) is 6. The van der Waals surface area contributed by atoms with E-state index in [2.05, 4.69) is 15.3 Å². The number of hydrogen-bond donors (Lipinski definition) is 0. The fourth-order valence-electron chi connectivity index (χ4n) is 2.32. The van der Waals surface area contributed by atoms with Crippen molar-refractivity contribution >= 4 is 11.6 Å². The summed E-state index contributed by atoms with van der Waals surface area (Å²) < 4.78 is 33.7. The molecule has 1 aliphatic rings. The second-order valence-electron chi connectivity index (χ2n) is 5.53. The smallest absolute Gasteiger partial charge is 0.349 e. The average molecular weight is 350 g/mol. The zero-order valence-corrected chi connectivity index (χ0v) is 13.7. The molecule has 2 heterocycles. The van der Waals surface area contributed by atoms with E-state index in [0.29, 0.717) is 29.6 Å². The molecule has 2 aromatic rings. The summed E-state index contributed by atoms with van der Waals surface area (Å²) in [7, 11) is 0. The van der Waals surface area contributed by atoms with Crippen LogP contribution in [0.3, 0.4) is 0 Å². The van der Waals surface area contributed by atoms with E-state index in [1.54, 1.807) is 13.8 Å². The van der Waals surface area contributed by atoms with Gasteiger partial charge in [0.05, 0.1) is 18.8 Å². The third-order valence-corrected chi connectivity index (χ3v) is 3.66. The molecular formula is C16H16F2N4O3. The molecule has 1 aromatic carbocycles. The van der Waals surface area contributed by atoms with Crippen LogP contribution in [0, 0.1) is 6.92 Å². The highest BCUT2D eigenvalue weighted by Crippen LogP contribution is 2.32. The van der Waals surface area contributed by atoms with Crippen LogP contribution in [0.5, 0.6) is 0 Å². The average Bonchev–Trinajstić information content (AvgIpc) is 3.00.